The van der Waals surface area contributed by atoms with Crippen molar-refractivity contribution in [3.63, 3.8) is 0 Å². The standard InChI is InChI=1S/C14H25N3/c1-3-9-15-11-13-8-10-17(16-13)14-6-4-12(2)5-7-14/h8,10,12,14-15H,3-7,9,11H2,1-2H3. The van der Waals surface area contributed by atoms with Crippen LogP contribution in [0.5, 0.6) is 0 Å². The Labute approximate surface area is 105 Å². The lowest BCUT2D eigenvalue weighted by molar-refractivity contribution is 0.273. The van der Waals surface area contributed by atoms with Crippen molar-refractivity contribution in [3.05, 3.63) is 18.0 Å². The molecule has 0 atom stereocenters. The van der Waals surface area contributed by atoms with Gasteiger partial charge in [-0.25, -0.2) is 0 Å². The average Bonchev–Trinajstić information content (AvgIpc) is 2.79. The van der Waals surface area contributed by atoms with Crippen LogP contribution in [0.15, 0.2) is 12.3 Å². The monoisotopic (exact) mass is 235 g/mol. The van der Waals surface area contributed by atoms with Crippen LogP contribution >= 0.6 is 0 Å². The molecule has 1 fully saturated rings. The maximum absolute atomic E-state index is 4.68. The highest BCUT2D eigenvalue weighted by atomic mass is 15.3. The molecule has 1 aliphatic carbocycles. The van der Waals surface area contributed by atoms with Crippen LogP contribution in [0.25, 0.3) is 0 Å². The van der Waals surface area contributed by atoms with Gasteiger partial charge in [0.2, 0.25) is 0 Å². The van der Waals surface area contributed by atoms with E-state index in [4.69, 9.17) is 0 Å². The van der Waals surface area contributed by atoms with Crippen LogP contribution in [-0.2, 0) is 6.54 Å². The zero-order valence-corrected chi connectivity index (χ0v) is 11.2. The minimum absolute atomic E-state index is 0.645. The van der Waals surface area contributed by atoms with Gasteiger partial charge in [0.15, 0.2) is 0 Å². The van der Waals surface area contributed by atoms with Crippen LogP contribution in [0.3, 0.4) is 0 Å². The molecule has 3 heteroatoms. The van der Waals surface area contributed by atoms with Crippen LogP contribution in [0, 0.1) is 5.92 Å². The second-order valence-electron chi connectivity index (χ2n) is 5.38. The van der Waals surface area contributed by atoms with Gasteiger partial charge in [-0.15, -0.1) is 0 Å². The molecule has 0 saturated heterocycles. The maximum Gasteiger partial charge on any atom is 0.0762 e. The molecule has 2 rings (SSSR count). The zero-order chi connectivity index (χ0) is 12.1. The molecule has 0 radical (unpaired) electrons. The summed E-state index contributed by atoms with van der Waals surface area (Å²) in [5.74, 6) is 0.910. The molecule has 0 aromatic carbocycles. The lowest BCUT2D eigenvalue weighted by Gasteiger charge is -2.26. The lowest BCUT2D eigenvalue weighted by Crippen LogP contribution is -2.18. The first-order valence-electron chi connectivity index (χ1n) is 7.04. The van der Waals surface area contributed by atoms with Gasteiger partial charge >= 0.3 is 0 Å². The third-order valence-electron chi connectivity index (χ3n) is 3.76. The van der Waals surface area contributed by atoms with Crippen molar-refractivity contribution in [1.82, 2.24) is 15.1 Å². The first kappa shape index (κ1) is 12.6. The van der Waals surface area contributed by atoms with Crippen molar-refractivity contribution in [2.45, 2.75) is 58.5 Å². The Morgan fingerprint density at radius 2 is 2.12 bits per heavy atom. The molecule has 17 heavy (non-hydrogen) atoms. The van der Waals surface area contributed by atoms with Gasteiger partial charge in [-0.3, -0.25) is 4.68 Å². The summed E-state index contributed by atoms with van der Waals surface area (Å²) in [7, 11) is 0. The van der Waals surface area contributed by atoms with Crippen molar-refractivity contribution in [2.24, 2.45) is 5.92 Å². The van der Waals surface area contributed by atoms with Crippen LogP contribution in [0.1, 0.15) is 57.7 Å². The third kappa shape index (κ3) is 3.56. The first-order valence-corrected chi connectivity index (χ1v) is 7.04. The summed E-state index contributed by atoms with van der Waals surface area (Å²) < 4.78 is 2.19. The Kier molecular flexibility index (Phi) is 4.60. The predicted molar refractivity (Wildman–Crippen MR) is 70.9 cm³/mol. The van der Waals surface area contributed by atoms with Crippen molar-refractivity contribution >= 4 is 0 Å². The summed E-state index contributed by atoms with van der Waals surface area (Å²) in [6.07, 6.45) is 8.64. The molecule has 0 aliphatic heterocycles. The Hall–Kier alpha value is -0.830. The number of aromatic nitrogens is 2. The number of hydrogen-bond donors (Lipinski definition) is 1. The Morgan fingerprint density at radius 1 is 1.35 bits per heavy atom. The molecule has 1 N–H and O–H groups in total. The van der Waals surface area contributed by atoms with Crippen molar-refractivity contribution in [3.8, 4) is 0 Å². The van der Waals surface area contributed by atoms with Gasteiger partial charge in [0.25, 0.3) is 0 Å². The molecule has 0 spiro atoms. The van der Waals surface area contributed by atoms with Gasteiger partial charge in [-0.2, -0.15) is 5.10 Å². The minimum atomic E-state index is 0.645. The van der Waals surface area contributed by atoms with E-state index in [1.807, 2.05) is 0 Å². The minimum Gasteiger partial charge on any atom is -0.311 e. The van der Waals surface area contributed by atoms with Gasteiger partial charge in [-0.05, 0) is 50.6 Å². The summed E-state index contributed by atoms with van der Waals surface area (Å²) >= 11 is 0. The van der Waals surface area contributed by atoms with E-state index in [2.05, 4.69) is 41.2 Å². The van der Waals surface area contributed by atoms with Crippen molar-refractivity contribution in [1.29, 1.82) is 0 Å². The molecule has 0 bridgehead atoms. The van der Waals surface area contributed by atoms with Gasteiger partial charge in [0.1, 0.15) is 0 Å². The second-order valence-corrected chi connectivity index (χ2v) is 5.38. The molecule has 3 nitrogen and oxygen atoms in total. The van der Waals surface area contributed by atoms with Gasteiger partial charge < -0.3 is 5.32 Å². The van der Waals surface area contributed by atoms with E-state index in [9.17, 15) is 0 Å². The molecule has 1 aliphatic rings. The van der Waals surface area contributed by atoms with E-state index in [1.54, 1.807) is 0 Å². The molecule has 1 aromatic heterocycles. The highest BCUT2D eigenvalue weighted by Gasteiger charge is 2.19. The predicted octanol–water partition coefficient (Wildman–Crippen LogP) is 3.13. The SMILES string of the molecule is CCCNCc1ccn(C2CCC(C)CC2)n1. The summed E-state index contributed by atoms with van der Waals surface area (Å²) in [6.45, 7) is 6.53. The van der Waals surface area contributed by atoms with Gasteiger partial charge in [0, 0.05) is 12.7 Å². The fourth-order valence-corrected chi connectivity index (χ4v) is 2.58. The summed E-state index contributed by atoms with van der Waals surface area (Å²) in [5, 5.41) is 8.08. The van der Waals surface area contributed by atoms with E-state index >= 15 is 0 Å². The van der Waals surface area contributed by atoms with Gasteiger partial charge in [0.05, 0.1) is 11.7 Å². The summed E-state index contributed by atoms with van der Waals surface area (Å²) in [5.41, 5.74) is 1.18. The molecular weight excluding hydrogens is 210 g/mol. The molecule has 1 aromatic rings. The molecule has 1 heterocycles. The third-order valence-corrected chi connectivity index (χ3v) is 3.76. The number of hydrogen-bond acceptors (Lipinski definition) is 2. The van der Waals surface area contributed by atoms with E-state index in [0.717, 1.165) is 19.0 Å². The van der Waals surface area contributed by atoms with E-state index in [1.165, 1.54) is 37.8 Å². The fraction of sp³-hybridized carbons (Fsp3) is 0.786. The average molecular weight is 235 g/mol. The van der Waals surface area contributed by atoms with Crippen LogP contribution in [0.2, 0.25) is 0 Å². The number of nitrogens with one attached hydrogen (secondary N) is 1. The molecule has 0 unspecified atom stereocenters. The highest BCUT2D eigenvalue weighted by Crippen LogP contribution is 2.31. The number of nitrogens with zero attached hydrogens (tertiary/aromatic N) is 2. The Bertz CT molecular complexity index is 324. The highest BCUT2D eigenvalue weighted by molar-refractivity contribution is 4.99. The Morgan fingerprint density at radius 3 is 2.82 bits per heavy atom. The smallest absolute Gasteiger partial charge is 0.0762 e. The molecular formula is C14H25N3. The van der Waals surface area contributed by atoms with Crippen LogP contribution in [0.4, 0.5) is 0 Å². The zero-order valence-electron chi connectivity index (χ0n) is 11.2. The lowest BCUT2D eigenvalue weighted by atomic mass is 9.87. The topological polar surface area (TPSA) is 29.9 Å². The van der Waals surface area contributed by atoms with Crippen LogP contribution in [-0.4, -0.2) is 16.3 Å². The Balaban J connectivity index is 1.85. The van der Waals surface area contributed by atoms with E-state index in [0.29, 0.717) is 6.04 Å². The molecule has 96 valence electrons. The first-order chi connectivity index (χ1) is 8.29. The largest absolute Gasteiger partial charge is 0.311 e. The fourth-order valence-electron chi connectivity index (χ4n) is 2.58. The van der Waals surface area contributed by atoms with Crippen molar-refractivity contribution < 1.29 is 0 Å². The molecule has 1 saturated carbocycles. The second kappa shape index (κ2) is 6.20. The normalized spacial score (nSPS) is 25.1. The summed E-state index contributed by atoms with van der Waals surface area (Å²) in [4.78, 5) is 0. The van der Waals surface area contributed by atoms with E-state index in [-0.39, 0.29) is 0 Å². The molecule has 0 amide bonds. The van der Waals surface area contributed by atoms with E-state index < -0.39 is 0 Å². The quantitative estimate of drug-likeness (QED) is 0.795. The van der Waals surface area contributed by atoms with Gasteiger partial charge in [-0.1, -0.05) is 13.8 Å². The maximum atomic E-state index is 4.68. The summed E-state index contributed by atoms with van der Waals surface area (Å²) in [6, 6.07) is 2.80. The van der Waals surface area contributed by atoms with Crippen molar-refractivity contribution in [2.75, 3.05) is 6.54 Å². The van der Waals surface area contributed by atoms with Crippen LogP contribution < -0.4 is 5.32 Å². The number of rotatable bonds is 5.